The van der Waals surface area contributed by atoms with E-state index >= 15 is 0 Å². The van der Waals surface area contributed by atoms with E-state index in [0.29, 0.717) is 18.5 Å². The van der Waals surface area contributed by atoms with E-state index in [-0.39, 0.29) is 12.0 Å². The van der Waals surface area contributed by atoms with Gasteiger partial charge < -0.3 is 5.32 Å². The van der Waals surface area contributed by atoms with Crippen molar-refractivity contribution in [1.29, 1.82) is 5.26 Å². The molecule has 129 valence electrons. The van der Waals surface area contributed by atoms with Gasteiger partial charge in [-0.05, 0) is 52.7 Å². The van der Waals surface area contributed by atoms with E-state index in [1.807, 2.05) is 33.9 Å². The fourth-order valence-corrected chi connectivity index (χ4v) is 3.22. The highest BCUT2D eigenvalue weighted by atomic mass is 19.1. The number of nitrogens with one attached hydrogen (secondary N) is 2. The largest absolute Gasteiger partial charge is 0.324 e. The molecule has 1 aliphatic heterocycles. The Morgan fingerprint density at radius 3 is 2.50 bits per heavy atom. The second-order valence-corrected chi connectivity index (χ2v) is 7.19. The molecule has 1 saturated heterocycles. The molecule has 8 heteroatoms. The number of hydrogen-bond donors (Lipinski definition) is 2. The molecule has 0 aromatic carbocycles. The number of hydroxylamine groups is 2. The standard InChI is InChI=1S/C16H22FN6O/c1-15(2)7-12(8-16(3,4)23(15)24)22-14(20-10-18)21-11-5-6-13(17)19-9-11/h5-6,9,12H,7-8H2,1-4H3,(H2,20,21,22). The lowest BCUT2D eigenvalue weighted by atomic mass is 9.79. The lowest BCUT2D eigenvalue weighted by Gasteiger charge is -2.48. The summed E-state index contributed by atoms with van der Waals surface area (Å²) in [6.07, 6.45) is 4.29. The number of rotatable bonds is 2. The highest BCUT2D eigenvalue weighted by Gasteiger charge is 2.46. The Morgan fingerprint density at radius 2 is 2.00 bits per heavy atom. The molecule has 1 aliphatic rings. The summed E-state index contributed by atoms with van der Waals surface area (Å²) >= 11 is 0. The van der Waals surface area contributed by atoms with Crippen LogP contribution in [-0.2, 0) is 5.21 Å². The minimum atomic E-state index is -0.585. The van der Waals surface area contributed by atoms with Crippen LogP contribution in [0, 0.1) is 17.4 Å². The number of nitrogens with zero attached hydrogens (tertiary/aromatic N) is 4. The summed E-state index contributed by atoms with van der Waals surface area (Å²) in [6, 6.07) is 2.59. The van der Waals surface area contributed by atoms with E-state index in [0.717, 1.165) is 5.06 Å². The van der Waals surface area contributed by atoms with Crippen LogP contribution in [0.2, 0.25) is 0 Å². The van der Waals surface area contributed by atoms with Gasteiger partial charge in [-0.15, -0.1) is 10.3 Å². The van der Waals surface area contributed by atoms with Crippen LogP contribution < -0.4 is 10.6 Å². The van der Waals surface area contributed by atoms with Gasteiger partial charge in [-0.3, -0.25) is 5.32 Å². The van der Waals surface area contributed by atoms with Crippen molar-refractivity contribution in [3.63, 3.8) is 0 Å². The average molecular weight is 333 g/mol. The lowest BCUT2D eigenvalue weighted by Crippen LogP contribution is -2.59. The number of aliphatic imine (C=N–C) groups is 1. The SMILES string of the molecule is CC1(C)CC(N=C(NC#N)Nc2ccc(F)nc2)CC(C)(C)N1[O]. The number of anilines is 1. The second kappa shape index (κ2) is 6.71. The van der Waals surface area contributed by atoms with Gasteiger partial charge in [0.25, 0.3) is 0 Å². The Bertz CT molecular complexity index is 632. The molecule has 0 saturated carbocycles. The Kier molecular flexibility index (Phi) is 5.06. The summed E-state index contributed by atoms with van der Waals surface area (Å²) in [5.74, 6) is -0.333. The van der Waals surface area contributed by atoms with E-state index in [9.17, 15) is 9.60 Å². The molecule has 1 aromatic rings. The highest BCUT2D eigenvalue weighted by Crippen LogP contribution is 2.38. The van der Waals surface area contributed by atoms with Crippen molar-refractivity contribution >= 4 is 11.6 Å². The van der Waals surface area contributed by atoms with Gasteiger partial charge >= 0.3 is 0 Å². The van der Waals surface area contributed by atoms with Crippen LogP contribution >= 0.6 is 0 Å². The molecule has 2 N–H and O–H groups in total. The Morgan fingerprint density at radius 1 is 1.38 bits per heavy atom. The Hall–Kier alpha value is -2.24. The fraction of sp³-hybridized carbons (Fsp3) is 0.562. The van der Waals surface area contributed by atoms with Crippen LogP contribution in [0.15, 0.2) is 23.3 Å². The number of guanidine groups is 1. The van der Waals surface area contributed by atoms with Crippen molar-refractivity contribution in [2.24, 2.45) is 4.99 Å². The molecule has 7 nitrogen and oxygen atoms in total. The van der Waals surface area contributed by atoms with E-state index in [1.165, 1.54) is 18.3 Å². The average Bonchev–Trinajstić information content (AvgIpc) is 2.47. The zero-order valence-electron chi connectivity index (χ0n) is 14.3. The van der Waals surface area contributed by atoms with Crippen molar-refractivity contribution in [2.45, 2.75) is 57.7 Å². The maximum atomic E-state index is 12.9. The van der Waals surface area contributed by atoms with Crippen LogP contribution in [0.25, 0.3) is 0 Å². The molecule has 2 heterocycles. The van der Waals surface area contributed by atoms with Crippen LogP contribution in [0.1, 0.15) is 40.5 Å². The molecule has 24 heavy (non-hydrogen) atoms. The summed E-state index contributed by atoms with van der Waals surface area (Å²) in [5.41, 5.74) is -0.589. The number of hydrogen-bond acceptors (Lipinski definition) is 4. The molecule has 1 radical (unpaired) electrons. The van der Waals surface area contributed by atoms with Crippen molar-refractivity contribution in [2.75, 3.05) is 5.32 Å². The molecule has 0 aliphatic carbocycles. The maximum Gasteiger partial charge on any atom is 0.212 e. The first-order valence-corrected chi connectivity index (χ1v) is 7.73. The summed E-state index contributed by atoms with van der Waals surface area (Å²) < 4.78 is 12.9. The number of aromatic nitrogens is 1. The number of halogens is 1. The van der Waals surface area contributed by atoms with Crippen LogP contribution in [0.4, 0.5) is 10.1 Å². The predicted molar refractivity (Wildman–Crippen MR) is 87.7 cm³/mol. The van der Waals surface area contributed by atoms with Gasteiger partial charge in [0.2, 0.25) is 11.9 Å². The number of pyridine rings is 1. The van der Waals surface area contributed by atoms with Gasteiger partial charge in [-0.2, -0.15) is 9.65 Å². The molecule has 0 spiro atoms. The molecule has 1 fully saturated rings. The summed E-state index contributed by atoms with van der Waals surface area (Å²) in [6.45, 7) is 7.55. The van der Waals surface area contributed by atoms with E-state index in [1.54, 1.807) is 0 Å². The van der Waals surface area contributed by atoms with Crippen molar-refractivity contribution in [3.8, 4) is 6.19 Å². The quantitative estimate of drug-likeness (QED) is 0.285. The van der Waals surface area contributed by atoms with Gasteiger partial charge in [0.05, 0.1) is 17.9 Å². The highest BCUT2D eigenvalue weighted by molar-refractivity contribution is 5.94. The molecule has 0 bridgehead atoms. The monoisotopic (exact) mass is 333 g/mol. The summed E-state index contributed by atoms with van der Waals surface area (Å²) in [7, 11) is 0. The first-order chi connectivity index (χ1) is 11.1. The molecular formula is C16H22FN6O. The van der Waals surface area contributed by atoms with Crippen molar-refractivity contribution in [3.05, 3.63) is 24.3 Å². The van der Waals surface area contributed by atoms with Crippen LogP contribution in [0.5, 0.6) is 0 Å². The smallest absolute Gasteiger partial charge is 0.212 e. The minimum absolute atomic E-state index is 0.128. The maximum absolute atomic E-state index is 12.9. The van der Waals surface area contributed by atoms with E-state index in [4.69, 9.17) is 5.26 Å². The Balaban J connectivity index is 2.20. The zero-order valence-corrected chi connectivity index (χ0v) is 14.3. The van der Waals surface area contributed by atoms with Gasteiger partial charge in [0.15, 0.2) is 6.19 Å². The zero-order chi connectivity index (χ0) is 18.0. The second-order valence-electron chi connectivity index (χ2n) is 7.19. The first-order valence-electron chi connectivity index (χ1n) is 7.73. The summed E-state index contributed by atoms with van der Waals surface area (Å²) in [5, 5.41) is 27.8. The third-order valence-corrected chi connectivity index (χ3v) is 4.05. The third-order valence-electron chi connectivity index (χ3n) is 4.05. The van der Waals surface area contributed by atoms with E-state index in [2.05, 4.69) is 20.6 Å². The van der Waals surface area contributed by atoms with Crippen molar-refractivity contribution < 1.29 is 9.60 Å². The lowest BCUT2D eigenvalue weighted by molar-refractivity contribution is -0.288. The number of nitriles is 1. The molecule has 2 rings (SSSR count). The molecular weight excluding hydrogens is 311 g/mol. The van der Waals surface area contributed by atoms with E-state index < -0.39 is 17.0 Å². The molecule has 0 atom stereocenters. The molecule has 0 unspecified atom stereocenters. The first kappa shape index (κ1) is 18.1. The van der Waals surface area contributed by atoms with Gasteiger partial charge in [0, 0.05) is 11.1 Å². The van der Waals surface area contributed by atoms with Crippen molar-refractivity contribution in [1.82, 2.24) is 15.4 Å². The van der Waals surface area contributed by atoms with Crippen LogP contribution in [-0.4, -0.2) is 33.1 Å². The normalized spacial score (nSPS) is 21.1. The predicted octanol–water partition coefficient (Wildman–Crippen LogP) is 2.43. The van der Waals surface area contributed by atoms with Crippen LogP contribution in [0.3, 0.4) is 0 Å². The topological polar surface area (TPSA) is 96.2 Å². The molecule has 1 aromatic heterocycles. The minimum Gasteiger partial charge on any atom is -0.324 e. The van der Waals surface area contributed by atoms with Gasteiger partial charge in [-0.25, -0.2) is 9.98 Å². The van der Waals surface area contributed by atoms with Gasteiger partial charge in [-0.1, -0.05) is 0 Å². The van der Waals surface area contributed by atoms with Gasteiger partial charge in [0.1, 0.15) is 0 Å². The fourth-order valence-electron chi connectivity index (χ4n) is 3.22. The number of piperidine rings is 1. The summed E-state index contributed by atoms with van der Waals surface area (Å²) in [4.78, 5) is 8.11. The third kappa shape index (κ3) is 4.19. The Labute approximate surface area is 141 Å². The molecule has 0 amide bonds.